The molecule has 4 heteroatoms. The van der Waals surface area contributed by atoms with E-state index < -0.39 is 0 Å². The maximum atomic E-state index is 11.9. The van der Waals surface area contributed by atoms with Gasteiger partial charge in [-0.05, 0) is 44.9 Å². The minimum Gasteiger partial charge on any atom is -0.301 e. The zero-order valence-electron chi connectivity index (χ0n) is 16.2. The third-order valence-electron chi connectivity index (χ3n) is 6.67. The molecule has 1 saturated carbocycles. The Balaban J connectivity index is 1.43. The predicted molar refractivity (Wildman–Crippen MR) is 99.2 cm³/mol. The van der Waals surface area contributed by atoms with E-state index in [9.17, 15) is 4.79 Å². The minimum atomic E-state index is 0.171. The Morgan fingerprint density at radius 2 is 1.67 bits per heavy atom. The third kappa shape index (κ3) is 4.20. The highest BCUT2D eigenvalue weighted by atomic mass is 16.1. The Morgan fingerprint density at radius 3 is 2.21 bits per heavy atom. The van der Waals surface area contributed by atoms with Gasteiger partial charge in [-0.3, -0.25) is 14.6 Å². The zero-order chi connectivity index (χ0) is 17.3. The monoisotopic (exact) mass is 335 g/mol. The van der Waals surface area contributed by atoms with Crippen LogP contribution in [0.25, 0.3) is 0 Å². The Bertz CT molecular complexity index is 429. The van der Waals surface area contributed by atoms with E-state index >= 15 is 0 Å². The average molecular weight is 336 g/mol. The number of carbonyl (C=O) groups excluding carboxylic acids is 1. The van der Waals surface area contributed by atoms with Crippen molar-refractivity contribution >= 4 is 5.78 Å². The molecule has 4 rings (SSSR count). The maximum absolute atomic E-state index is 11.9. The van der Waals surface area contributed by atoms with Crippen molar-refractivity contribution < 1.29 is 4.79 Å². The molecule has 0 aromatic heterocycles. The lowest BCUT2D eigenvalue weighted by Crippen LogP contribution is -2.57. The molecule has 24 heavy (non-hydrogen) atoms. The van der Waals surface area contributed by atoms with Crippen LogP contribution in [0.4, 0.5) is 0 Å². The molecule has 2 bridgehead atoms. The fourth-order valence-corrected chi connectivity index (χ4v) is 4.98. The van der Waals surface area contributed by atoms with Crippen LogP contribution in [0, 0.1) is 17.8 Å². The largest absolute Gasteiger partial charge is 0.301 e. The van der Waals surface area contributed by atoms with E-state index in [1.807, 2.05) is 13.8 Å². The molecule has 3 heterocycles. The van der Waals surface area contributed by atoms with Crippen LogP contribution in [0.5, 0.6) is 0 Å². The molecule has 3 atom stereocenters. The van der Waals surface area contributed by atoms with Crippen molar-refractivity contribution in [2.45, 2.75) is 59.0 Å². The lowest BCUT2D eigenvalue weighted by atomic mass is 9.71. The summed E-state index contributed by atoms with van der Waals surface area (Å²) < 4.78 is 0. The highest BCUT2D eigenvalue weighted by Crippen LogP contribution is 2.40. The van der Waals surface area contributed by atoms with E-state index in [1.54, 1.807) is 0 Å². The van der Waals surface area contributed by atoms with Gasteiger partial charge in [0.15, 0.2) is 0 Å². The molecule has 138 valence electrons. The van der Waals surface area contributed by atoms with E-state index in [2.05, 4.69) is 28.5 Å². The van der Waals surface area contributed by atoms with Crippen molar-refractivity contribution in [1.29, 1.82) is 0 Å². The van der Waals surface area contributed by atoms with Gasteiger partial charge in [0.25, 0.3) is 0 Å². The Labute approximate surface area is 148 Å². The molecule has 1 aliphatic carbocycles. The van der Waals surface area contributed by atoms with Gasteiger partial charge in [-0.1, -0.05) is 13.8 Å². The number of piperidine rings is 2. The molecular formula is C20H37N3O. The Hall–Kier alpha value is -0.450. The molecule has 4 nitrogen and oxygen atoms in total. The normalized spacial score (nSPS) is 32.8. The van der Waals surface area contributed by atoms with Gasteiger partial charge in [0, 0.05) is 57.3 Å². The van der Waals surface area contributed by atoms with Crippen molar-refractivity contribution in [1.82, 2.24) is 14.7 Å². The summed E-state index contributed by atoms with van der Waals surface area (Å²) in [6.07, 6.45) is 4.28. The molecule has 4 aliphatic rings. The molecule has 0 radical (unpaired) electrons. The molecule has 0 aromatic rings. The zero-order valence-corrected chi connectivity index (χ0v) is 16.2. The van der Waals surface area contributed by atoms with Gasteiger partial charge < -0.3 is 4.90 Å². The predicted octanol–water partition coefficient (Wildman–Crippen LogP) is 2.34. The highest BCUT2D eigenvalue weighted by molar-refractivity contribution is 5.82. The molecule has 0 N–H and O–H groups in total. The molecule has 3 aliphatic heterocycles. The topological polar surface area (TPSA) is 26.8 Å². The summed E-state index contributed by atoms with van der Waals surface area (Å²) in [5.74, 6) is 2.38. The number of piperazine rings is 1. The van der Waals surface area contributed by atoms with Crippen molar-refractivity contribution in [2.24, 2.45) is 17.8 Å². The van der Waals surface area contributed by atoms with Crippen LogP contribution in [0.3, 0.4) is 0 Å². The molecular weight excluding hydrogens is 298 g/mol. The van der Waals surface area contributed by atoms with Gasteiger partial charge in [-0.2, -0.15) is 0 Å². The van der Waals surface area contributed by atoms with E-state index in [0.29, 0.717) is 18.4 Å². The second kappa shape index (κ2) is 7.84. The number of fused-ring (bicyclic) bond motifs is 3. The number of carbonyl (C=O) groups is 1. The van der Waals surface area contributed by atoms with Crippen LogP contribution >= 0.6 is 0 Å². The first-order valence-electron chi connectivity index (χ1n) is 10.2. The van der Waals surface area contributed by atoms with E-state index in [1.165, 1.54) is 32.4 Å². The summed E-state index contributed by atoms with van der Waals surface area (Å²) in [5, 5.41) is 0. The van der Waals surface area contributed by atoms with Gasteiger partial charge in [0.05, 0.1) is 6.54 Å². The second-order valence-electron chi connectivity index (χ2n) is 8.98. The van der Waals surface area contributed by atoms with Gasteiger partial charge >= 0.3 is 0 Å². The van der Waals surface area contributed by atoms with Crippen LogP contribution in [-0.4, -0.2) is 78.4 Å². The minimum absolute atomic E-state index is 0.171. The summed E-state index contributed by atoms with van der Waals surface area (Å²) >= 11 is 0. The van der Waals surface area contributed by atoms with Crippen molar-refractivity contribution in [3.05, 3.63) is 0 Å². The number of ketones is 1. The number of hydrogen-bond donors (Lipinski definition) is 0. The van der Waals surface area contributed by atoms with E-state index in [4.69, 9.17) is 0 Å². The fourth-order valence-electron chi connectivity index (χ4n) is 4.98. The summed E-state index contributed by atoms with van der Waals surface area (Å²) in [6.45, 7) is 16.4. The maximum Gasteiger partial charge on any atom is 0.149 e. The summed E-state index contributed by atoms with van der Waals surface area (Å²) in [4.78, 5) is 19.7. The lowest BCUT2D eigenvalue weighted by Gasteiger charge is -2.52. The van der Waals surface area contributed by atoms with Crippen molar-refractivity contribution in [3.8, 4) is 0 Å². The van der Waals surface area contributed by atoms with E-state index in [-0.39, 0.29) is 5.92 Å². The molecule has 0 aromatic carbocycles. The van der Waals surface area contributed by atoms with Crippen molar-refractivity contribution in [2.75, 3.05) is 45.8 Å². The summed E-state index contributed by atoms with van der Waals surface area (Å²) in [6, 6.07) is 1.55. The van der Waals surface area contributed by atoms with Gasteiger partial charge in [-0.15, -0.1) is 0 Å². The van der Waals surface area contributed by atoms with Gasteiger partial charge in [-0.25, -0.2) is 0 Å². The second-order valence-corrected chi connectivity index (χ2v) is 8.98. The van der Waals surface area contributed by atoms with Crippen LogP contribution in [-0.2, 0) is 4.79 Å². The first kappa shape index (κ1) is 18.3. The SMILES string of the molecule is CC(C)C(=O)CN1CCN(C[C@@H]2C[C@@H]3CC[C@H]2CN3C(C)C)CC1. The van der Waals surface area contributed by atoms with Crippen LogP contribution < -0.4 is 0 Å². The molecule has 0 spiro atoms. The number of rotatable bonds is 6. The summed E-state index contributed by atoms with van der Waals surface area (Å²) in [5.41, 5.74) is 0. The number of nitrogens with zero attached hydrogens (tertiary/aromatic N) is 3. The average Bonchev–Trinajstić information content (AvgIpc) is 2.57. The Kier molecular flexibility index (Phi) is 5.99. The van der Waals surface area contributed by atoms with Gasteiger partial charge in [0.1, 0.15) is 5.78 Å². The fraction of sp³-hybridized carbons (Fsp3) is 0.950. The number of Topliss-reactive ketones (excluding diaryl/α,β-unsaturated/α-hetero) is 1. The number of hydrogen-bond acceptors (Lipinski definition) is 4. The summed E-state index contributed by atoms with van der Waals surface area (Å²) in [7, 11) is 0. The molecule has 4 fully saturated rings. The highest BCUT2D eigenvalue weighted by Gasteiger charge is 2.41. The molecule has 0 unspecified atom stereocenters. The molecule has 3 saturated heterocycles. The standard InChI is InChI=1S/C20H37N3O/c1-15(2)20(24)14-22-9-7-21(8-10-22)12-18-11-19-6-5-17(18)13-23(19)16(3)4/h15-19H,5-14H2,1-4H3/t17-,18-,19-/m0/s1. The first-order valence-corrected chi connectivity index (χ1v) is 10.2. The molecule has 0 amide bonds. The van der Waals surface area contributed by atoms with Gasteiger partial charge in [0.2, 0.25) is 0 Å². The quantitative estimate of drug-likeness (QED) is 0.744. The third-order valence-corrected chi connectivity index (χ3v) is 6.67. The van der Waals surface area contributed by atoms with Crippen molar-refractivity contribution in [3.63, 3.8) is 0 Å². The first-order chi connectivity index (χ1) is 11.4. The van der Waals surface area contributed by atoms with Crippen LogP contribution in [0.2, 0.25) is 0 Å². The van der Waals surface area contributed by atoms with E-state index in [0.717, 1.165) is 44.1 Å². The Morgan fingerprint density at radius 1 is 1.00 bits per heavy atom. The lowest BCUT2D eigenvalue weighted by molar-refractivity contribution is -0.123. The smallest absolute Gasteiger partial charge is 0.149 e. The van der Waals surface area contributed by atoms with Crippen LogP contribution in [0.15, 0.2) is 0 Å². The van der Waals surface area contributed by atoms with Crippen LogP contribution in [0.1, 0.15) is 47.0 Å².